The molecule has 2 aromatic heterocycles. The standard InChI is InChI=1S/C21H19F3N6O2/c22-21(23,24)14-8-15(25)18(30-17(14)12-4-2-1-3-5-12)19(31)29-16-10-27-11-28-20(16)32-13-6-7-26-9-13/h1-5,8,10-11,13,26H,6-7,9,25H2,(H,29,31). The van der Waals surface area contributed by atoms with Crippen molar-refractivity contribution in [3.8, 4) is 17.1 Å². The van der Waals surface area contributed by atoms with Gasteiger partial charge >= 0.3 is 6.18 Å². The van der Waals surface area contributed by atoms with Crippen molar-refractivity contribution in [1.82, 2.24) is 20.3 Å². The average Bonchev–Trinajstić information content (AvgIpc) is 3.28. The Bertz CT molecular complexity index is 1120. The van der Waals surface area contributed by atoms with Crippen LogP contribution < -0.4 is 21.1 Å². The summed E-state index contributed by atoms with van der Waals surface area (Å²) in [5.74, 6) is -0.659. The van der Waals surface area contributed by atoms with Gasteiger partial charge < -0.3 is 21.1 Å². The molecule has 1 aliphatic heterocycles. The first kappa shape index (κ1) is 21.5. The van der Waals surface area contributed by atoms with Crippen molar-refractivity contribution in [3.05, 3.63) is 60.2 Å². The SMILES string of the molecule is Nc1cc(C(F)(F)F)c(-c2ccccc2)nc1C(=O)Nc1cncnc1OC1CCNC1. The maximum Gasteiger partial charge on any atom is 0.418 e. The average molecular weight is 444 g/mol. The minimum absolute atomic E-state index is 0.125. The summed E-state index contributed by atoms with van der Waals surface area (Å²) in [5.41, 5.74) is 3.97. The number of nitrogen functional groups attached to an aromatic ring is 1. The van der Waals surface area contributed by atoms with E-state index < -0.39 is 29.0 Å². The molecule has 1 aliphatic rings. The molecule has 4 N–H and O–H groups in total. The number of pyridine rings is 1. The van der Waals surface area contributed by atoms with Gasteiger partial charge in [0, 0.05) is 12.1 Å². The molecule has 32 heavy (non-hydrogen) atoms. The van der Waals surface area contributed by atoms with Crippen LogP contribution in [0.25, 0.3) is 11.3 Å². The summed E-state index contributed by atoms with van der Waals surface area (Å²) in [6.07, 6.45) is -1.46. The Morgan fingerprint density at radius 3 is 2.72 bits per heavy atom. The van der Waals surface area contributed by atoms with Crippen molar-refractivity contribution < 1.29 is 22.7 Å². The van der Waals surface area contributed by atoms with E-state index in [1.54, 1.807) is 18.2 Å². The predicted molar refractivity (Wildman–Crippen MR) is 111 cm³/mol. The number of nitrogens with zero attached hydrogens (tertiary/aromatic N) is 3. The minimum atomic E-state index is -4.70. The lowest BCUT2D eigenvalue weighted by Gasteiger charge is -2.17. The largest absolute Gasteiger partial charge is 0.471 e. The predicted octanol–water partition coefficient (Wildman–Crippen LogP) is 3.13. The zero-order chi connectivity index (χ0) is 22.7. The second-order valence-corrected chi connectivity index (χ2v) is 7.11. The van der Waals surface area contributed by atoms with Gasteiger partial charge in [0.15, 0.2) is 5.69 Å². The highest BCUT2D eigenvalue weighted by molar-refractivity contribution is 6.07. The van der Waals surface area contributed by atoms with Gasteiger partial charge in [0.1, 0.15) is 18.1 Å². The number of aromatic nitrogens is 3. The van der Waals surface area contributed by atoms with Gasteiger partial charge in [-0.3, -0.25) is 4.79 Å². The van der Waals surface area contributed by atoms with Gasteiger partial charge in [0.25, 0.3) is 5.91 Å². The van der Waals surface area contributed by atoms with Crippen LogP contribution in [0.3, 0.4) is 0 Å². The molecule has 1 atom stereocenters. The van der Waals surface area contributed by atoms with Gasteiger partial charge in [0.2, 0.25) is 5.88 Å². The molecule has 11 heteroatoms. The number of ether oxygens (including phenoxy) is 1. The van der Waals surface area contributed by atoms with Gasteiger partial charge in [-0.05, 0) is 19.0 Å². The fourth-order valence-corrected chi connectivity index (χ4v) is 3.31. The highest BCUT2D eigenvalue weighted by Gasteiger charge is 2.36. The maximum absolute atomic E-state index is 13.6. The number of carbonyl (C=O) groups is 1. The van der Waals surface area contributed by atoms with E-state index in [-0.39, 0.29) is 28.9 Å². The molecule has 8 nitrogen and oxygen atoms in total. The Kier molecular flexibility index (Phi) is 5.91. The molecule has 0 radical (unpaired) electrons. The number of alkyl halides is 3. The fourth-order valence-electron chi connectivity index (χ4n) is 3.31. The van der Waals surface area contributed by atoms with Crippen LogP contribution in [-0.4, -0.2) is 40.1 Å². The number of nitrogens with one attached hydrogen (secondary N) is 2. The molecule has 0 aliphatic carbocycles. The molecule has 3 aromatic rings. The zero-order valence-corrected chi connectivity index (χ0v) is 16.7. The lowest BCUT2D eigenvalue weighted by Crippen LogP contribution is -2.22. The number of rotatable bonds is 5. The topological polar surface area (TPSA) is 115 Å². The van der Waals surface area contributed by atoms with Crippen LogP contribution in [0.1, 0.15) is 22.5 Å². The van der Waals surface area contributed by atoms with Gasteiger partial charge in [-0.25, -0.2) is 9.97 Å². The smallest absolute Gasteiger partial charge is 0.418 e. The molecular formula is C21H19F3N6O2. The third-order valence-corrected chi connectivity index (χ3v) is 4.84. The number of amides is 1. The van der Waals surface area contributed by atoms with E-state index in [2.05, 4.69) is 25.6 Å². The molecule has 1 aromatic carbocycles. The number of benzene rings is 1. The van der Waals surface area contributed by atoms with Gasteiger partial charge in [0.05, 0.1) is 23.1 Å². The summed E-state index contributed by atoms with van der Waals surface area (Å²) >= 11 is 0. The van der Waals surface area contributed by atoms with E-state index in [1.807, 2.05) is 0 Å². The normalized spacial score (nSPS) is 16.0. The summed E-state index contributed by atoms with van der Waals surface area (Å²) in [6.45, 7) is 1.43. The quantitative estimate of drug-likeness (QED) is 0.554. The maximum atomic E-state index is 13.6. The Morgan fingerprint density at radius 2 is 2.03 bits per heavy atom. The third kappa shape index (κ3) is 4.62. The Hall–Kier alpha value is -3.73. The zero-order valence-electron chi connectivity index (χ0n) is 16.7. The van der Waals surface area contributed by atoms with Gasteiger partial charge in [-0.2, -0.15) is 18.2 Å². The van der Waals surface area contributed by atoms with E-state index in [4.69, 9.17) is 10.5 Å². The molecule has 0 spiro atoms. The van der Waals surface area contributed by atoms with Crippen molar-refractivity contribution in [3.63, 3.8) is 0 Å². The number of nitrogens with two attached hydrogens (primary N) is 1. The van der Waals surface area contributed by atoms with Crippen molar-refractivity contribution >= 4 is 17.3 Å². The van der Waals surface area contributed by atoms with Crippen LogP contribution in [0, 0.1) is 0 Å². The van der Waals surface area contributed by atoms with Gasteiger partial charge in [-0.1, -0.05) is 30.3 Å². The number of anilines is 2. The third-order valence-electron chi connectivity index (χ3n) is 4.84. The lowest BCUT2D eigenvalue weighted by atomic mass is 10.0. The van der Waals surface area contributed by atoms with E-state index in [0.29, 0.717) is 12.6 Å². The van der Waals surface area contributed by atoms with E-state index in [0.717, 1.165) is 13.0 Å². The second kappa shape index (κ2) is 8.79. The molecule has 1 fully saturated rings. The number of hydrogen-bond donors (Lipinski definition) is 3. The van der Waals surface area contributed by atoms with Crippen LogP contribution in [0.2, 0.25) is 0 Å². The summed E-state index contributed by atoms with van der Waals surface area (Å²) in [6, 6.07) is 8.49. The summed E-state index contributed by atoms with van der Waals surface area (Å²) in [4.78, 5) is 24.8. The van der Waals surface area contributed by atoms with E-state index in [1.165, 1.54) is 24.7 Å². The minimum Gasteiger partial charge on any atom is -0.471 e. The first-order chi connectivity index (χ1) is 15.3. The molecule has 1 amide bonds. The Morgan fingerprint density at radius 1 is 1.25 bits per heavy atom. The van der Waals surface area contributed by atoms with Gasteiger partial charge in [-0.15, -0.1) is 0 Å². The van der Waals surface area contributed by atoms with Crippen molar-refractivity contribution in [2.75, 3.05) is 24.1 Å². The van der Waals surface area contributed by atoms with Crippen molar-refractivity contribution in [2.45, 2.75) is 18.7 Å². The van der Waals surface area contributed by atoms with Crippen LogP contribution in [0.5, 0.6) is 5.88 Å². The summed E-state index contributed by atoms with van der Waals surface area (Å²) in [5, 5.41) is 5.70. The first-order valence-electron chi connectivity index (χ1n) is 9.75. The van der Waals surface area contributed by atoms with Crippen LogP contribution in [0.4, 0.5) is 24.5 Å². The molecule has 1 saturated heterocycles. The molecule has 4 rings (SSSR count). The second-order valence-electron chi connectivity index (χ2n) is 7.11. The summed E-state index contributed by atoms with van der Waals surface area (Å²) in [7, 11) is 0. The Balaban J connectivity index is 1.68. The lowest BCUT2D eigenvalue weighted by molar-refractivity contribution is -0.137. The first-order valence-corrected chi connectivity index (χ1v) is 9.75. The highest BCUT2D eigenvalue weighted by atomic mass is 19.4. The molecule has 166 valence electrons. The van der Waals surface area contributed by atoms with E-state index in [9.17, 15) is 18.0 Å². The van der Waals surface area contributed by atoms with Crippen LogP contribution >= 0.6 is 0 Å². The van der Waals surface area contributed by atoms with Crippen LogP contribution in [-0.2, 0) is 6.18 Å². The summed E-state index contributed by atoms with van der Waals surface area (Å²) < 4.78 is 46.6. The molecule has 3 heterocycles. The Labute approximate surface area is 181 Å². The van der Waals surface area contributed by atoms with Crippen LogP contribution in [0.15, 0.2) is 48.9 Å². The number of halogens is 3. The molecule has 0 saturated carbocycles. The number of carbonyl (C=O) groups excluding carboxylic acids is 1. The monoisotopic (exact) mass is 444 g/mol. The van der Waals surface area contributed by atoms with Crippen molar-refractivity contribution in [1.29, 1.82) is 0 Å². The highest BCUT2D eigenvalue weighted by Crippen LogP contribution is 2.38. The molecule has 1 unspecified atom stereocenters. The fraction of sp³-hybridized carbons (Fsp3) is 0.238. The van der Waals surface area contributed by atoms with Crippen molar-refractivity contribution in [2.24, 2.45) is 0 Å². The number of hydrogen-bond acceptors (Lipinski definition) is 7. The molecule has 0 bridgehead atoms. The molecular weight excluding hydrogens is 425 g/mol. The van der Waals surface area contributed by atoms with E-state index >= 15 is 0 Å².